The summed E-state index contributed by atoms with van der Waals surface area (Å²) in [6, 6.07) is 15.5. The molecule has 0 spiro atoms. The molecular weight excluding hydrogens is 342 g/mol. The minimum absolute atomic E-state index is 0.184. The number of aromatic nitrogens is 2. The van der Waals surface area contributed by atoms with Crippen molar-refractivity contribution in [3.05, 3.63) is 78.1 Å². The third-order valence-corrected chi connectivity index (χ3v) is 4.58. The fraction of sp³-hybridized carbons (Fsp3) is 0.0952. The van der Waals surface area contributed by atoms with E-state index in [-0.39, 0.29) is 6.42 Å². The zero-order valence-electron chi connectivity index (χ0n) is 14.3. The summed E-state index contributed by atoms with van der Waals surface area (Å²) in [7, 11) is 0. The van der Waals surface area contributed by atoms with Crippen molar-refractivity contribution in [2.24, 2.45) is 0 Å². The number of benzene rings is 2. The molecule has 134 valence electrons. The highest BCUT2D eigenvalue weighted by atomic mass is 16.4. The van der Waals surface area contributed by atoms with Gasteiger partial charge in [-0.05, 0) is 23.8 Å². The fourth-order valence-corrected chi connectivity index (χ4v) is 3.24. The number of nitrogens with one attached hydrogen (secondary N) is 2. The van der Waals surface area contributed by atoms with E-state index in [1.165, 1.54) is 0 Å². The lowest BCUT2D eigenvalue weighted by Gasteiger charge is -2.15. The Labute approximate surface area is 154 Å². The number of rotatable bonds is 5. The molecule has 0 bridgehead atoms. The Hall–Kier alpha value is -3.67. The molecule has 4 rings (SSSR count). The quantitative estimate of drug-likeness (QED) is 0.510. The van der Waals surface area contributed by atoms with Gasteiger partial charge < -0.3 is 15.4 Å². The normalized spacial score (nSPS) is 12.1. The number of pyridine rings is 1. The van der Waals surface area contributed by atoms with Crippen LogP contribution in [0, 0.1) is 0 Å². The second kappa shape index (κ2) is 6.92. The van der Waals surface area contributed by atoms with Crippen molar-refractivity contribution in [2.45, 2.75) is 12.5 Å². The molecule has 0 saturated carbocycles. The van der Waals surface area contributed by atoms with E-state index >= 15 is 0 Å². The van der Waals surface area contributed by atoms with E-state index < -0.39 is 17.9 Å². The molecule has 2 aromatic carbocycles. The van der Waals surface area contributed by atoms with E-state index in [4.69, 9.17) is 0 Å². The van der Waals surface area contributed by atoms with Crippen molar-refractivity contribution in [1.82, 2.24) is 15.3 Å². The Morgan fingerprint density at radius 1 is 1.07 bits per heavy atom. The first kappa shape index (κ1) is 16.8. The number of hydrogen-bond acceptors (Lipinski definition) is 3. The van der Waals surface area contributed by atoms with Gasteiger partial charge in [0.1, 0.15) is 6.04 Å². The number of H-pyrrole nitrogens is 1. The van der Waals surface area contributed by atoms with Crippen LogP contribution in [0.3, 0.4) is 0 Å². The van der Waals surface area contributed by atoms with Crippen LogP contribution in [0.4, 0.5) is 0 Å². The number of carboxylic acids is 1. The van der Waals surface area contributed by atoms with E-state index in [1.54, 1.807) is 30.6 Å². The highest BCUT2D eigenvalue weighted by molar-refractivity contribution is 6.06. The third-order valence-electron chi connectivity index (χ3n) is 4.58. The Morgan fingerprint density at radius 2 is 1.89 bits per heavy atom. The van der Waals surface area contributed by atoms with Crippen molar-refractivity contribution < 1.29 is 14.7 Å². The molecule has 0 aliphatic heterocycles. The van der Waals surface area contributed by atoms with E-state index in [9.17, 15) is 14.7 Å². The van der Waals surface area contributed by atoms with Gasteiger partial charge in [0, 0.05) is 35.1 Å². The van der Waals surface area contributed by atoms with E-state index in [0.29, 0.717) is 11.1 Å². The van der Waals surface area contributed by atoms with Gasteiger partial charge >= 0.3 is 5.97 Å². The molecular formula is C21H17N3O3. The van der Waals surface area contributed by atoms with Crippen LogP contribution in [-0.2, 0) is 11.2 Å². The number of para-hydroxylation sites is 2. The Morgan fingerprint density at radius 3 is 2.74 bits per heavy atom. The maximum absolute atomic E-state index is 12.7. The highest BCUT2D eigenvalue weighted by Crippen LogP contribution is 2.20. The van der Waals surface area contributed by atoms with Gasteiger partial charge in [0.05, 0.1) is 11.1 Å². The average Bonchev–Trinajstić information content (AvgIpc) is 3.10. The summed E-state index contributed by atoms with van der Waals surface area (Å²) in [5, 5.41) is 14.0. The van der Waals surface area contributed by atoms with Crippen molar-refractivity contribution in [2.75, 3.05) is 0 Å². The number of aromatic amines is 1. The van der Waals surface area contributed by atoms with Crippen LogP contribution in [0.25, 0.3) is 21.8 Å². The van der Waals surface area contributed by atoms with Crippen LogP contribution in [0.2, 0.25) is 0 Å². The summed E-state index contributed by atoms with van der Waals surface area (Å²) in [5.74, 6) is -1.53. The molecule has 6 heteroatoms. The molecule has 0 fully saturated rings. The molecule has 4 aromatic rings. The predicted octanol–water partition coefficient (Wildman–Crippen LogP) is 3.14. The summed E-state index contributed by atoms with van der Waals surface area (Å²) in [5.41, 5.74) is 2.68. The van der Waals surface area contributed by atoms with Gasteiger partial charge in [0.25, 0.3) is 5.91 Å². The first-order valence-corrected chi connectivity index (χ1v) is 8.56. The summed E-state index contributed by atoms with van der Waals surface area (Å²) < 4.78 is 0. The van der Waals surface area contributed by atoms with Gasteiger partial charge in [0.2, 0.25) is 0 Å². The predicted molar refractivity (Wildman–Crippen MR) is 103 cm³/mol. The topological polar surface area (TPSA) is 95.1 Å². The first-order chi connectivity index (χ1) is 13.1. The lowest BCUT2D eigenvalue weighted by Crippen LogP contribution is -2.42. The maximum Gasteiger partial charge on any atom is 0.326 e. The zero-order valence-corrected chi connectivity index (χ0v) is 14.3. The molecule has 2 heterocycles. The van der Waals surface area contributed by atoms with Crippen molar-refractivity contribution in [3.63, 3.8) is 0 Å². The number of carbonyl (C=O) groups excluding carboxylic acids is 1. The number of aliphatic carboxylic acids is 1. The Balaban J connectivity index is 1.61. The molecule has 0 aliphatic carbocycles. The van der Waals surface area contributed by atoms with Crippen molar-refractivity contribution in [3.8, 4) is 0 Å². The van der Waals surface area contributed by atoms with E-state index in [2.05, 4.69) is 15.3 Å². The molecule has 6 nitrogen and oxygen atoms in total. The minimum Gasteiger partial charge on any atom is -0.480 e. The van der Waals surface area contributed by atoms with E-state index in [0.717, 1.165) is 21.9 Å². The van der Waals surface area contributed by atoms with Gasteiger partial charge in [-0.3, -0.25) is 9.78 Å². The smallest absolute Gasteiger partial charge is 0.326 e. The zero-order chi connectivity index (χ0) is 18.8. The number of amides is 1. The van der Waals surface area contributed by atoms with Crippen LogP contribution in [-0.4, -0.2) is 33.0 Å². The molecule has 1 atom stereocenters. The average molecular weight is 359 g/mol. The summed E-state index contributed by atoms with van der Waals surface area (Å²) in [4.78, 5) is 31.9. The molecule has 2 aromatic heterocycles. The molecule has 0 aliphatic rings. The molecule has 1 amide bonds. The SMILES string of the molecule is O=C(N[C@H](Cc1c[nH]c2ccccc12)C(=O)O)c1cccc2cccnc12. The highest BCUT2D eigenvalue weighted by Gasteiger charge is 2.23. The van der Waals surface area contributed by atoms with Gasteiger partial charge in [0.15, 0.2) is 0 Å². The van der Waals surface area contributed by atoms with Crippen LogP contribution in [0.5, 0.6) is 0 Å². The van der Waals surface area contributed by atoms with Crippen LogP contribution in [0.15, 0.2) is 67.0 Å². The second-order valence-electron chi connectivity index (χ2n) is 6.31. The monoisotopic (exact) mass is 359 g/mol. The lowest BCUT2D eigenvalue weighted by atomic mass is 10.0. The lowest BCUT2D eigenvalue weighted by molar-refractivity contribution is -0.139. The Bertz CT molecular complexity index is 1140. The molecule has 3 N–H and O–H groups in total. The van der Waals surface area contributed by atoms with E-state index in [1.807, 2.05) is 36.4 Å². The van der Waals surface area contributed by atoms with Gasteiger partial charge in [-0.2, -0.15) is 0 Å². The van der Waals surface area contributed by atoms with Gasteiger partial charge in [-0.1, -0.05) is 36.4 Å². The molecule has 0 unspecified atom stereocenters. The standard InChI is InChI=1S/C21H17N3O3/c25-20(16-8-3-5-13-6-4-10-22-19(13)16)24-18(21(26)27)11-14-12-23-17-9-2-1-7-15(14)17/h1-10,12,18,23H,11H2,(H,24,25)(H,26,27)/t18-/m1/s1. The van der Waals surface area contributed by atoms with Crippen LogP contribution >= 0.6 is 0 Å². The summed E-state index contributed by atoms with van der Waals surface area (Å²) in [6.45, 7) is 0. The Kier molecular flexibility index (Phi) is 4.30. The summed E-state index contributed by atoms with van der Waals surface area (Å²) >= 11 is 0. The third kappa shape index (κ3) is 3.25. The molecule has 0 radical (unpaired) electrons. The van der Waals surface area contributed by atoms with Gasteiger partial charge in [-0.15, -0.1) is 0 Å². The van der Waals surface area contributed by atoms with Gasteiger partial charge in [-0.25, -0.2) is 4.79 Å². The number of carboxylic acid groups (broad SMARTS) is 1. The largest absolute Gasteiger partial charge is 0.480 e. The molecule has 27 heavy (non-hydrogen) atoms. The number of nitrogens with zero attached hydrogens (tertiary/aromatic N) is 1. The maximum atomic E-state index is 12.7. The van der Waals surface area contributed by atoms with Crippen LogP contribution < -0.4 is 5.32 Å². The first-order valence-electron chi connectivity index (χ1n) is 8.56. The second-order valence-corrected chi connectivity index (χ2v) is 6.31. The summed E-state index contributed by atoms with van der Waals surface area (Å²) in [6.07, 6.45) is 3.58. The number of hydrogen-bond donors (Lipinski definition) is 3. The number of fused-ring (bicyclic) bond motifs is 2. The van der Waals surface area contributed by atoms with Crippen LogP contribution in [0.1, 0.15) is 15.9 Å². The van der Waals surface area contributed by atoms with Crippen molar-refractivity contribution in [1.29, 1.82) is 0 Å². The minimum atomic E-state index is -1.08. The number of carbonyl (C=O) groups is 2. The molecule has 0 saturated heterocycles. The van der Waals surface area contributed by atoms with Crippen molar-refractivity contribution >= 4 is 33.7 Å². The fourth-order valence-electron chi connectivity index (χ4n) is 3.24.